The van der Waals surface area contributed by atoms with E-state index in [1.54, 1.807) is 0 Å². The van der Waals surface area contributed by atoms with Gasteiger partial charge in [-0.15, -0.1) is 0 Å². The molecular formula is C9H20N2O2. The fraction of sp³-hybridized carbons (Fsp3) is 0.889. The van der Waals surface area contributed by atoms with E-state index < -0.39 is 0 Å². The van der Waals surface area contributed by atoms with Crippen molar-refractivity contribution in [1.82, 2.24) is 5.32 Å². The van der Waals surface area contributed by atoms with Gasteiger partial charge < -0.3 is 15.8 Å². The first-order valence-corrected chi connectivity index (χ1v) is 4.54. The normalized spacial score (nSPS) is 11.4. The first-order valence-electron chi connectivity index (χ1n) is 4.54. The van der Waals surface area contributed by atoms with Gasteiger partial charge in [-0.1, -0.05) is 20.8 Å². The van der Waals surface area contributed by atoms with E-state index in [0.717, 1.165) is 0 Å². The Kier molecular flexibility index (Phi) is 5.66. The summed E-state index contributed by atoms with van der Waals surface area (Å²) in [4.78, 5) is 11.3. The van der Waals surface area contributed by atoms with E-state index in [1.165, 1.54) is 0 Å². The lowest BCUT2D eigenvalue weighted by Crippen LogP contribution is -2.36. The summed E-state index contributed by atoms with van der Waals surface area (Å²) >= 11 is 0. The SMILES string of the molecule is CC(C)(C)C(=O)NCCOCCN. The molecule has 0 heterocycles. The smallest absolute Gasteiger partial charge is 0.225 e. The number of carbonyl (C=O) groups excluding carboxylic acids is 1. The van der Waals surface area contributed by atoms with Crippen molar-refractivity contribution in [3.63, 3.8) is 0 Å². The lowest BCUT2D eigenvalue weighted by Gasteiger charge is -2.17. The second-order valence-electron chi connectivity index (χ2n) is 3.91. The second kappa shape index (κ2) is 5.94. The average Bonchev–Trinajstić information content (AvgIpc) is 2.02. The molecule has 0 radical (unpaired) electrons. The number of hydrogen-bond acceptors (Lipinski definition) is 3. The summed E-state index contributed by atoms with van der Waals surface area (Å²) in [6.07, 6.45) is 0. The molecular weight excluding hydrogens is 168 g/mol. The molecule has 0 bridgehead atoms. The van der Waals surface area contributed by atoms with E-state index in [2.05, 4.69) is 5.32 Å². The summed E-state index contributed by atoms with van der Waals surface area (Å²) in [5, 5.41) is 2.78. The number of carbonyl (C=O) groups is 1. The fourth-order valence-corrected chi connectivity index (χ4v) is 0.687. The predicted molar refractivity (Wildman–Crippen MR) is 52.3 cm³/mol. The Bertz CT molecular complexity index is 152. The summed E-state index contributed by atoms with van der Waals surface area (Å²) < 4.78 is 5.11. The van der Waals surface area contributed by atoms with E-state index in [4.69, 9.17) is 10.5 Å². The number of amides is 1. The Labute approximate surface area is 79.8 Å². The standard InChI is InChI=1S/C9H20N2O2/c1-9(2,3)8(12)11-5-7-13-6-4-10/h4-7,10H2,1-3H3,(H,11,12). The van der Waals surface area contributed by atoms with Gasteiger partial charge in [0.2, 0.25) is 5.91 Å². The average molecular weight is 188 g/mol. The van der Waals surface area contributed by atoms with Crippen molar-refractivity contribution in [2.75, 3.05) is 26.3 Å². The minimum absolute atomic E-state index is 0.0452. The summed E-state index contributed by atoms with van der Waals surface area (Å²) in [5.74, 6) is 0.0452. The van der Waals surface area contributed by atoms with Crippen molar-refractivity contribution >= 4 is 5.91 Å². The van der Waals surface area contributed by atoms with Crippen LogP contribution < -0.4 is 11.1 Å². The first kappa shape index (κ1) is 12.4. The molecule has 4 nitrogen and oxygen atoms in total. The van der Waals surface area contributed by atoms with Crippen LogP contribution >= 0.6 is 0 Å². The molecule has 0 aromatic rings. The molecule has 0 fully saturated rings. The van der Waals surface area contributed by atoms with E-state index >= 15 is 0 Å². The van der Waals surface area contributed by atoms with Crippen LogP contribution in [0.25, 0.3) is 0 Å². The minimum atomic E-state index is -0.326. The van der Waals surface area contributed by atoms with E-state index in [1.807, 2.05) is 20.8 Å². The number of hydrogen-bond donors (Lipinski definition) is 2. The van der Waals surface area contributed by atoms with Crippen LogP contribution in [0.2, 0.25) is 0 Å². The predicted octanol–water partition coefficient (Wildman–Crippen LogP) is 0.124. The van der Waals surface area contributed by atoms with Crippen LogP contribution in [0.5, 0.6) is 0 Å². The van der Waals surface area contributed by atoms with Crippen LogP contribution in [-0.2, 0) is 9.53 Å². The number of rotatable bonds is 5. The lowest BCUT2D eigenvalue weighted by atomic mass is 9.96. The third kappa shape index (κ3) is 6.54. The molecule has 13 heavy (non-hydrogen) atoms. The minimum Gasteiger partial charge on any atom is -0.378 e. The summed E-state index contributed by atoms with van der Waals surface area (Å²) in [6.45, 7) is 7.78. The molecule has 0 rings (SSSR count). The Morgan fingerprint density at radius 2 is 2.00 bits per heavy atom. The third-order valence-corrected chi connectivity index (χ3v) is 1.48. The lowest BCUT2D eigenvalue weighted by molar-refractivity contribution is -0.128. The largest absolute Gasteiger partial charge is 0.378 e. The van der Waals surface area contributed by atoms with Gasteiger partial charge in [0, 0.05) is 18.5 Å². The van der Waals surface area contributed by atoms with Gasteiger partial charge in [-0.25, -0.2) is 0 Å². The van der Waals surface area contributed by atoms with Crippen molar-refractivity contribution in [3.8, 4) is 0 Å². The van der Waals surface area contributed by atoms with Crippen molar-refractivity contribution in [2.45, 2.75) is 20.8 Å². The van der Waals surface area contributed by atoms with Crippen molar-refractivity contribution in [2.24, 2.45) is 11.1 Å². The Morgan fingerprint density at radius 3 is 2.46 bits per heavy atom. The molecule has 78 valence electrons. The fourth-order valence-electron chi connectivity index (χ4n) is 0.687. The van der Waals surface area contributed by atoms with Crippen LogP contribution in [0.15, 0.2) is 0 Å². The van der Waals surface area contributed by atoms with Gasteiger partial charge in [0.1, 0.15) is 0 Å². The van der Waals surface area contributed by atoms with Crippen LogP contribution in [0.3, 0.4) is 0 Å². The maximum atomic E-state index is 11.3. The van der Waals surface area contributed by atoms with Crippen LogP contribution in [-0.4, -0.2) is 32.2 Å². The maximum Gasteiger partial charge on any atom is 0.225 e. The highest BCUT2D eigenvalue weighted by molar-refractivity contribution is 5.81. The third-order valence-electron chi connectivity index (χ3n) is 1.48. The maximum absolute atomic E-state index is 11.3. The van der Waals surface area contributed by atoms with Gasteiger partial charge in [0.25, 0.3) is 0 Å². The van der Waals surface area contributed by atoms with Crippen LogP contribution in [0.4, 0.5) is 0 Å². The van der Waals surface area contributed by atoms with Gasteiger partial charge in [0.05, 0.1) is 13.2 Å². The zero-order valence-corrected chi connectivity index (χ0v) is 8.72. The van der Waals surface area contributed by atoms with Crippen LogP contribution in [0, 0.1) is 5.41 Å². The van der Waals surface area contributed by atoms with Crippen molar-refractivity contribution in [1.29, 1.82) is 0 Å². The van der Waals surface area contributed by atoms with Crippen molar-refractivity contribution < 1.29 is 9.53 Å². The Balaban J connectivity index is 3.38. The molecule has 0 aliphatic heterocycles. The molecule has 3 N–H and O–H groups in total. The molecule has 0 atom stereocenters. The summed E-state index contributed by atoms with van der Waals surface area (Å²) in [5.41, 5.74) is 4.90. The van der Waals surface area contributed by atoms with Gasteiger partial charge in [-0.05, 0) is 0 Å². The molecule has 4 heteroatoms. The topological polar surface area (TPSA) is 64.3 Å². The second-order valence-corrected chi connectivity index (χ2v) is 3.91. The number of ether oxygens (including phenoxy) is 1. The highest BCUT2D eigenvalue weighted by Gasteiger charge is 2.19. The molecule has 0 spiro atoms. The Morgan fingerprint density at radius 1 is 1.38 bits per heavy atom. The van der Waals surface area contributed by atoms with Gasteiger partial charge >= 0.3 is 0 Å². The Hall–Kier alpha value is -0.610. The van der Waals surface area contributed by atoms with Crippen molar-refractivity contribution in [3.05, 3.63) is 0 Å². The zero-order valence-electron chi connectivity index (χ0n) is 8.72. The number of nitrogens with one attached hydrogen (secondary N) is 1. The first-order chi connectivity index (χ1) is 5.98. The van der Waals surface area contributed by atoms with Gasteiger partial charge in [-0.2, -0.15) is 0 Å². The molecule has 0 aromatic heterocycles. The zero-order chi connectivity index (χ0) is 10.3. The van der Waals surface area contributed by atoms with E-state index in [-0.39, 0.29) is 11.3 Å². The molecule has 0 unspecified atom stereocenters. The molecule has 0 saturated carbocycles. The van der Waals surface area contributed by atoms with Crippen LogP contribution in [0.1, 0.15) is 20.8 Å². The van der Waals surface area contributed by atoms with E-state index in [9.17, 15) is 4.79 Å². The summed E-state index contributed by atoms with van der Waals surface area (Å²) in [7, 11) is 0. The van der Waals surface area contributed by atoms with E-state index in [0.29, 0.717) is 26.3 Å². The molecule has 0 aromatic carbocycles. The van der Waals surface area contributed by atoms with Gasteiger partial charge in [0.15, 0.2) is 0 Å². The highest BCUT2D eigenvalue weighted by atomic mass is 16.5. The number of nitrogens with two attached hydrogens (primary N) is 1. The monoisotopic (exact) mass is 188 g/mol. The molecule has 0 aliphatic rings. The van der Waals surface area contributed by atoms with Gasteiger partial charge in [-0.3, -0.25) is 4.79 Å². The summed E-state index contributed by atoms with van der Waals surface area (Å²) in [6, 6.07) is 0. The molecule has 0 saturated heterocycles. The quantitative estimate of drug-likeness (QED) is 0.602. The molecule has 1 amide bonds. The highest BCUT2D eigenvalue weighted by Crippen LogP contribution is 2.11. The molecule has 0 aliphatic carbocycles.